The van der Waals surface area contributed by atoms with E-state index in [9.17, 15) is 9.59 Å². The second-order valence-corrected chi connectivity index (χ2v) is 7.35. The van der Waals surface area contributed by atoms with Gasteiger partial charge in [-0.15, -0.1) is 0 Å². The average Bonchev–Trinajstić information content (AvgIpc) is 3.16. The van der Waals surface area contributed by atoms with Crippen molar-refractivity contribution in [1.82, 2.24) is 5.32 Å². The van der Waals surface area contributed by atoms with E-state index < -0.39 is 0 Å². The summed E-state index contributed by atoms with van der Waals surface area (Å²) >= 11 is 0. The van der Waals surface area contributed by atoms with Crippen LogP contribution in [0.4, 0.5) is 16.2 Å². The van der Waals surface area contributed by atoms with E-state index in [2.05, 4.69) is 10.6 Å². The number of carbonyl (C=O) groups excluding carboxylic acids is 2. The summed E-state index contributed by atoms with van der Waals surface area (Å²) in [4.78, 5) is 26.6. The first kappa shape index (κ1) is 23.2. The third kappa shape index (κ3) is 5.84. The maximum Gasteiger partial charge on any atom is 0.319 e. The van der Waals surface area contributed by atoms with Gasteiger partial charge in [0.05, 0.1) is 25.5 Å². The van der Waals surface area contributed by atoms with Crippen molar-refractivity contribution in [3.8, 4) is 17.2 Å². The monoisotopic (exact) mass is 441 g/mol. The summed E-state index contributed by atoms with van der Waals surface area (Å²) in [7, 11) is 0. The molecule has 0 aromatic heterocycles. The van der Waals surface area contributed by atoms with Crippen LogP contribution in [0.3, 0.4) is 0 Å². The van der Waals surface area contributed by atoms with Crippen molar-refractivity contribution in [3.05, 3.63) is 42.5 Å². The van der Waals surface area contributed by atoms with Gasteiger partial charge in [0.2, 0.25) is 11.7 Å². The number of nitrogens with one attached hydrogen (secondary N) is 2. The molecule has 3 amide bonds. The van der Waals surface area contributed by atoms with Crippen molar-refractivity contribution in [2.24, 2.45) is 5.92 Å². The third-order valence-corrected chi connectivity index (χ3v) is 4.99. The number of benzene rings is 2. The largest absolute Gasteiger partial charge is 0.490 e. The van der Waals surface area contributed by atoms with Gasteiger partial charge in [-0.1, -0.05) is 18.2 Å². The molecule has 1 fully saturated rings. The van der Waals surface area contributed by atoms with Gasteiger partial charge in [-0.25, -0.2) is 4.79 Å². The molecule has 8 nitrogen and oxygen atoms in total. The van der Waals surface area contributed by atoms with Gasteiger partial charge in [0.25, 0.3) is 0 Å². The molecule has 2 N–H and O–H groups in total. The molecule has 0 bridgehead atoms. The first-order chi connectivity index (χ1) is 15.5. The van der Waals surface area contributed by atoms with Gasteiger partial charge in [-0.2, -0.15) is 0 Å². The van der Waals surface area contributed by atoms with Crippen LogP contribution in [-0.4, -0.2) is 44.8 Å². The summed E-state index contributed by atoms with van der Waals surface area (Å²) in [6.07, 6.45) is 0.404. The molecule has 1 unspecified atom stereocenters. The predicted octanol–water partition coefficient (Wildman–Crippen LogP) is 4.06. The Morgan fingerprint density at radius 3 is 2.22 bits per heavy atom. The molecule has 2 aromatic carbocycles. The van der Waals surface area contributed by atoms with Crippen molar-refractivity contribution >= 4 is 23.3 Å². The molecular weight excluding hydrogens is 410 g/mol. The molecule has 1 heterocycles. The van der Waals surface area contributed by atoms with Crippen LogP contribution in [0.25, 0.3) is 0 Å². The highest BCUT2D eigenvalue weighted by atomic mass is 16.5. The van der Waals surface area contributed by atoms with E-state index in [-0.39, 0.29) is 17.9 Å². The summed E-state index contributed by atoms with van der Waals surface area (Å²) in [6.45, 7) is 7.99. The number of nitrogens with zero attached hydrogens (tertiary/aromatic N) is 1. The van der Waals surface area contributed by atoms with E-state index in [0.717, 1.165) is 5.69 Å². The highest BCUT2D eigenvalue weighted by molar-refractivity contribution is 5.96. The van der Waals surface area contributed by atoms with Gasteiger partial charge in [0.1, 0.15) is 0 Å². The first-order valence-corrected chi connectivity index (χ1v) is 11.0. The molecule has 1 aliphatic rings. The topological polar surface area (TPSA) is 89.1 Å². The molecule has 8 heteroatoms. The molecule has 1 saturated heterocycles. The van der Waals surface area contributed by atoms with E-state index in [1.54, 1.807) is 17.0 Å². The second kappa shape index (κ2) is 11.3. The second-order valence-electron chi connectivity index (χ2n) is 7.35. The van der Waals surface area contributed by atoms with Crippen LogP contribution in [0.15, 0.2) is 42.5 Å². The Labute approximate surface area is 188 Å². The van der Waals surface area contributed by atoms with Crippen molar-refractivity contribution in [2.75, 3.05) is 43.1 Å². The van der Waals surface area contributed by atoms with Gasteiger partial charge in [0, 0.05) is 43.2 Å². The summed E-state index contributed by atoms with van der Waals surface area (Å²) < 4.78 is 17.1. The Morgan fingerprint density at radius 1 is 1.00 bits per heavy atom. The van der Waals surface area contributed by atoms with E-state index >= 15 is 0 Å². The van der Waals surface area contributed by atoms with E-state index in [4.69, 9.17) is 14.2 Å². The Morgan fingerprint density at radius 2 is 1.62 bits per heavy atom. The number of hydrogen-bond donors (Lipinski definition) is 2. The van der Waals surface area contributed by atoms with Crippen LogP contribution in [0.5, 0.6) is 17.2 Å². The third-order valence-electron chi connectivity index (χ3n) is 4.99. The van der Waals surface area contributed by atoms with Gasteiger partial charge in [-0.05, 0) is 32.9 Å². The molecule has 0 spiro atoms. The van der Waals surface area contributed by atoms with Crippen LogP contribution in [0.2, 0.25) is 0 Å². The summed E-state index contributed by atoms with van der Waals surface area (Å²) in [5.74, 6) is 1.66. The van der Waals surface area contributed by atoms with Crippen LogP contribution in [0.1, 0.15) is 27.2 Å². The minimum Gasteiger partial charge on any atom is -0.490 e. The van der Waals surface area contributed by atoms with E-state index in [0.29, 0.717) is 62.3 Å². The number of rotatable bonds is 10. The fourth-order valence-corrected chi connectivity index (χ4v) is 3.65. The fourth-order valence-electron chi connectivity index (χ4n) is 3.65. The molecular formula is C24H31N3O5. The lowest BCUT2D eigenvalue weighted by atomic mass is 10.1. The quantitative estimate of drug-likeness (QED) is 0.581. The van der Waals surface area contributed by atoms with Gasteiger partial charge in [-0.3, -0.25) is 4.79 Å². The lowest BCUT2D eigenvalue weighted by molar-refractivity contribution is -0.117. The van der Waals surface area contributed by atoms with Crippen LogP contribution in [0, 0.1) is 5.92 Å². The highest BCUT2D eigenvalue weighted by Crippen LogP contribution is 2.40. The van der Waals surface area contributed by atoms with Crippen molar-refractivity contribution in [1.29, 1.82) is 0 Å². The van der Waals surface area contributed by atoms with Crippen LogP contribution in [-0.2, 0) is 4.79 Å². The predicted molar refractivity (Wildman–Crippen MR) is 124 cm³/mol. The zero-order valence-electron chi connectivity index (χ0n) is 18.8. The molecule has 1 atom stereocenters. The lowest BCUT2D eigenvalue weighted by Crippen LogP contribution is -2.34. The smallest absolute Gasteiger partial charge is 0.319 e. The van der Waals surface area contributed by atoms with Crippen LogP contribution < -0.4 is 29.7 Å². The molecule has 32 heavy (non-hydrogen) atoms. The minimum atomic E-state index is -0.357. The number of carbonyl (C=O) groups is 2. The number of ether oxygens (including phenoxy) is 3. The lowest BCUT2D eigenvalue weighted by Gasteiger charge is -2.18. The number of amides is 3. The van der Waals surface area contributed by atoms with Crippen molar-refractivity contribution in [2.45, 2.75) is 27.2 Å². The number of anilines is 2. The average molecular weight is 442 g/mol. The maximum atomic E-state index is 12.5. The molecule has 0 radical (unpaired) electrons. The summed E-state index contributed by atoms with van der Waals surface area (Å²) in [6, 6.07) is 12.6. The summed E-state index contributed by atoms with van der Waals surface area (Å²) in [5.41, 5.74) is 1.41. The number of para-hydroxylation sites is 1. The normalized spacial score (nSPS) is 15.4. The van der Waals surface area contributed by atoms with Gasteiger partial charge < -0.3 is 29.7 Å². The van der Waals surface area contributed by atoms with Gasteiger partial charge in [0.15, 0.2) is 11.5 Å². The SMILES string of the molecule is CCOc1cc(NC(=O)NCC2CC(=O)N(c3ccccc3)C2)cc(OCC)c1OCC. The van der Waals surface area contributed by atoms with E-state index in [1.807, 2.05) is 51.1 Å². The van der Waals surface area contributed by atoms with Crippen LogP contribution >= 0.6 is 0 Å². The minimum absolute atomic E-state index is 0.0479. The molecule has 0 aliphatic carbocycles. The Kier molecular flexibility index (Phi) is 8.19. The Hall–Kier alpha value is -3.42. The fraction of sp³-hybridized carbons (Fsp3) is 0.417. The zero-order chi connectivity index (χ0) is 22.9. The van der Waals surface area contributed by atoms with Crippen molar-refractivity contribution < 1.29 is 23.8 Å². The molecule has 0 saturated carbocycles. The molecule has 3 rings (SSSR count). The first-order valence-electron chi connectivity index (χ1n) is 11.0. The molecule has 172 valence electrons. The Balaban J connectivity index is 1.61. The highest BCUT2D eigenvalue weighted by Gasteiger charge is 2.30. The molecule has 2 aromatic rings. The summed E-state index contributed by atoms with van der Waals surface area (Å²) in [5, 5.41) is 5.69. The number of urea groups is 1. The standard InChI is InChI=1S/C24H31N3O5/c1-4-30-20-13-18(14-21(31-5-2)23(20)32-6-3)26-24(29)25-15-17-12-22(28)27(16-17)19-10-8-7-9-11-19/h7-11,13-14,17H,4-6,12,15-16H2,1-3H3,(H2,25,26,29). The maximum absolute atomic E-state index is 12.5. The van der Waals surface area contributed by atoms with E-state index in [1.165, 1.54) is 0 Å². The van der Waals surface area contributed by atoms with Gasteiger partial charge >= 0.3 is 6.03 Å². The zero-order valence-corrected chi connectivity index (χ0v) is 18.8. The number of hydrogen-bond acceptors (Lipinski definition) is 5. The molecule has 1 aliphatic heterocycles. The van der Waals surface area contributed by atoms with Crippen molar-refractivity contribution in [3.63, 3.8) is 0 Å². The Bertz CT molecular complexity index is 892.